The van der Waals surface area contributed by atoms with Crippen LogP contribution in [0.2, 0.25) is 0 Å². The Morgan fingerprint density at radius 3 is 2.62 bits per heavy atom. The zero-order chi connectivity index (χ0) is 18.4. The first kappa shape index (κ1) is 18.3. The number of thioether (sulfide) groups is 1. The first-order valence-corrected chi connectivity index (χ1v) is 9.85. The number of furan rings is 1. The molecule has 0 aliphatic heterocycles. The molecule has 0 aliphatic carbocycles. The number of carbonyl (C=O) groups excluding carboxylic acids is 1. The summed E-state index contributed by atoms with van der Waals surface area (Å²) in [5.74, 6) is 2.67. The summed E-state index contributed by atoms with van der Waals surface area (Å²) < 4.78 is 5.71. The maximum absolute atomic E-state index is 12.4. The average molecular weight is 365 g/mol. The van der Waals surface area contributed by atoms with Crippen LogP contribution in [-0.4, -0.2) is 5.91 Å². The Morgan fingerprint density at radius 2 is 1.85 bits per heavy atom. The van der Waals surface area contributed by atoms with E-state index < -0.39 is 0 Å². The number of benzene rings is 2. The van der Waals surface area contributed by atoms with Gasteiger partial charge >= 0.3 is 0 Å². The lowest BCUT2D eigenvalue weighted by molar-refractivity contribution is 0.0910. The maximum atomic E-state index is 12.4. The highest BCUT2D eigenvalue weighted by Gasteiger charge is 2.15. The Balaban J connectivity index is 1.51. The molecule has 2 aromatic carbocycles. The summed E-state index contributed by atoms with van der Waals surface area (Å²) in [7, 11) is 0. The molecule has 0 saturated heterocycles. The highest BCUT2D eigenvalue weighted by Crippen LogP contribution is 2.21. The van der Waals surface area contributed by atoms with Crippen LogP contribution in [0.3, 0.4) is 0 Å². The van der Waals surface area contributed by atoms with E-state index in [2.05, 4.69) is 36.5 Å². The minimum Gasteiger partial charge on any atom is -0.455 e. The summed E-state index contributed by atoms with van der Waals surface area (Å²) in [6, 6.07) is 22.0. The standard InChI is InChI=1S/C22H23NO2S/c1-16-7-6-8-18(13-16)14-26-15-20-11-12-21(25-20)22(24)23-17(2)19-9-4-3-5-10-19/h3-13,17H,14-15H2,1-2H3,(H,23,24)/t17-/m1/s1. The third kappa shape index (κ3) is 5.02. The predicted octanol–water partition coefficient (Wildman–Crippen LogP) is 5.51. The second kappa shape index (κ2) is 8.77. The number of rotatable bonds is 7. The lowest BCUT2D eigenvalue weighted by Gasteiger charge is -2.13. The summed E-state index contributed by atoms with van der Waals surface area (Å²) in [4.78, 5) is 12.4. The maximum Gasteiger partial charge on any atom is 0.287 e. The van der Waals surface area contributed by atoms with Crippen LogP contribution in [0, 0.1) is 6.92 Å². The van der Waals surface area contributed by atoms with Crippen molar-refractivity contribution < 1.29 is 9.21 Å². The molecule has 26 heavy (non-hydrogen) atoms. The second-order valence-corrected chi connectivity index (χ2v) is 7.34. The molecule has 4 heteroatoms. The molecule has 1 aromatic heterocycles. The summed E-state index contributed by atoms with van der Waals surface area (Å²) >= 11 is 1.78. The molecule has 1 atom stereocenters. The van der Waals surface area contributed by atoms with Gasteiger partial charge in [0.05, 0.1) is 11.8 Å². The van der Waals surface area contributed by atoms with E-state index in [9.17, 15) is 4.79 Å². The van der Waals surface area contributed by atoms with Gasteiger partial charge in [-0.15, -0.1) is 11.8 Å². The highest BCUT2D eigenvalue weighted by molar-refractivity contribution is 7.97. The molecule has 0 saturated carbocycles. The van der Waals surface area contributed by atoms with Crippen LogP contribution >= 0.6 is 11.8 Å². The topological polar surface area (TPSA) is 42.2 Å². The van der Waals surface area contributed by atoms with Gasteiger partial charge in [0.1, 0.15) is 5.76 Å². The largest absolute Gasteiger partial charge is 0.455 e. The normalized spacial score (nSPS) is 11.9. The van der Waals surface area contributed by atoms with Crippen molar-refractivity contribution in [3.8, 4) is 0 Å². The highest BCUT2D eigenvalue weighted by atomic mass is 32.2. The Labute approximate surface area is 158 Å². The molecule has 0 unspecified atom stereocenters. The Morgan fingerprint density at radius 1 is 1.04 bits per heavy atom. The number of hydrogen-bond acceptors (Lipinski definition) is 3. The molecular weight excluding hydrogens is 342 g/mol. The van der Waals surface area contributed by atoms with E-state index in [1.165, 1.54) is 11.1 Å². The molecule has 3 rings (SSSR count). The van der Waals surface area contributed by atoms with E-state index in [1.807, 2.05) is 43.3 Å². The van der Waals surface area contributed by atoms with E-state index in [0.29, 0.717) is 5.76 Å². The van der Waals surface area contributed by atoms with E-state index >= 15 is 0 Å². The quantitative estimate of drug-likeness (QED) is 0.600. The summed E-state index contributed by atoms with van der Waals surface area (Å²) in [6.45, 7) is 4.07. The van der Waals surface area contributed by atoms with Gasteiger partial charge in [-0.25, -0.2) is 0 Å². The van der Waals surface area contributed by atoms with Crippen LogP contribution in [0.15, 0.2) is 71.1 Å². The number of amides is 1. The fraction of sp³-hybridized carbons (Fsp3) is 0.227. The Bertz CT molecular complexity index is 857. The summed E-state index contributed by atoms with van der Waals surface area (Å²) in [5, 5.41) is 2.97. The van der Waals surface area contributed by atoms with Crippen molar-refractivity contribution in [2.75, 3.05) is 0 Å². The Kier molecular flexibility index (Phi) is 6.18. The van der Waals surface area contributed by atoms with Crippen molar-refractivity contribution in [1.29, 1.82) is 0 Å². The van der Waals surface area contributed by atoms with Crippen LogP contribution in [0.1, 0.15) is 46.0 Å². The Hall–Kier alpha value is -2.46. The number of carbonyl (C=O) groups is 1. The molecular formula is C22H23NO2S. The van der Waals surface area contributed by atoms with Crippen LogP contribution in [0.5, 0.6) is 0 Å². The van der Waals surface area contributed by atoms with Gasteiger partial charge in [0.2, 0.25) is 0 Å². The molecule has 1 amide bonds. The number of hydrogen-bond donors (Lipinski definition) is 1. The molecule has 3 nitrogen and oxygen atoms in total. The van der Waals surface area contributed by atoms with E-state index in [-0.39, 0.29) is 11.9 Å². The van der Waals surface area contributed by atoms with Crippen LogP contribution in [0.25, 0.3) is 0 Å². The lowest BCUT2D eigenvalue weighted by Crippen LogP contribution is -2.26. The van der Waals surface area contributed by atoms with Gasteiger partial charge in [-0.3, -0.25) is 4.79 Å². The van der Waals surface area contributed by atoms with Crippen molar-refractivity contribution in [2.24, 2.45) is 0 Å². The first-order valence-electron chi connectivity index (χ1n) is 8.69. The fourth-order valence-electron chi connectivity index (χ4n) is 2.74. The van der Waals surface area contributed by atoms with Crippen molar-refractivity contribution in [1.82, 2.24) is 5.32 Å². The van der Waals surface area contributed by atoms with Crippen LogP contribution < -0.4 is 5.32 Å². The van der Waals surface area contributed by atoms with Crippen molar-refractivity contribution in [3.63, 3.8) is 0 Å². The van der Waals surface area contributed by atoms with Gasteiger partial charge in [0.15, 0.2) is 5.76 Å². The van der Waals surface area contributed by atoms with E-state index in [0.717, 1.165) is 22.8 Å². The van der Waals surface area contributed by atoms with E-state index in [1.54, 1.807) is 17.8 Å². The van der Waals surface area contributed by atoms with Crippen molar-refractivity contribution in [3.05, 3.63) is 94.9 Å². The van der Waals surface area contributed by atoms with Gasteiger partial charge in [0.25, 0.3) is 5.91 Å². The third-order valence-corrected chi connectivity index (χ3v) is 5.15. The zero-order valence-corrected chi connectivity index (χ0v) is 15.9. The van der Waals surface area contributed by atoms with Crippen LogP contribution in [0.4, 0.5) is 0 Å². The van der Waals surface area contributed by atoms with Crippen molar-refractivity contribution in [2.45, 2.75) is 31.4 Å². The molecule has 0 fully saturated rings. The molecule has 3 aromatic rings. The molecule has 1 N–H and O–H groups in total. The van der Waals surface area contributed by atoms with Gasteiger partial charge in [-0.05, 0) is 37.1 Å². The van der Waals surface area contributed by atoms with Gasteiger partial charge in [-0.2, -0.15) is 0 Å². The molecule has 134 valence electrons. The van der Waals surface area contributed by atoms with E-state index in [4.69, 9.17) is 4.42 Å². The lowest BCUT2D eigenvalue weighted by atomic mass is 10.1. The molecule has 0 spiro atoms. The zero-order valence-electron chi connectivity index (χ0n) is 15.1. The van der Waals surface area contributed by atoms with Crippen molar-refractivity contribution >= 4 is 17.7 Å². The van der Waals surface area contributed by atoms with Gasteiger partial charge in [0, 0.05) is 5.75 Å². The summed E-state index contributed by atoms with van der Waals surface area (Å²) in [6.07, 6.45) is 0. The predicted molar refractivity (Wildman–Crippen MR) is 107 cm³/mol. The average Bonchev–Trinajstić information content (AvgIpc) is 3.11. The second-order valence-electron chi connectivity index (χ2n) is 6.35. The molecule has 0 bridgehead atoms. The third-order valence-electron chi connectivity index (χ3n) is 4.13. The monoisotopic (exact) mass is 365 g/mol. The van der Waals surface area contributed by atoms with Gasteiger partial charge in [-0.1, -0.05) is 60.2 Å². The van der Waals surface area contributed by atoms with Crippen LogP contribution in [-0.2, 0) is 11.5 Å². The number of aryl methyl sites for hydroxylation is 1. The summed E-state index contributed by atoms with van der Waals surface area (Å²) in [5.41, 5.74) is 3.64. The fourth-order valence-corrected chi connectivity index (χ4v) is 3.62. The number of nitrogens with one attached hydrogen (secondary N) is 1. The molecule has 0 aliphatic rings. The minimum absolute atomic E-state index is 0.0621. The molecule has 0 radical (unpaired) electrons. The van der Waals surface area contributed by atoms with Gasteiger partial charge < -0.3 is 9.73 Å². The molecule has 1 heterocycles. The SMILES string of the molecule is Cc1cccc(CSCc2ccc(C(=O)N[C@H](C)c3ccccc3)o2)c1. The minimum atomic E-state index is -0.184. The first-order chi connectivity index (χ1) is 12.6. The smallest absolute Gasteiger partial charge is 0.287 e.